The molecule has 0 spiro atoms. The summed E-state index contributed by atoms with van der Waals surface area (Å²) >= 11 is -5.47. The van der Waals surface area contributed by atoms with Crippen molar-refractivity contribution in [3.8, 4) is 11.1 Å². The maximum absolute atomic E-state index is 8.99. The second-order valence-electron chi connectivity index (χ2n) is 17.6. The zero-order valence-electron chi connectivity index (χ0n) is 30.5. The van der Waals surface area contributed by atoms with Gasteiger partial charge in [0, 0.05) is 0 Å². The van der Waals surface area contributed by atoms with Crippen molar-refractivity contribution in [2.45, 2.75) is 125 Å². The van der Waals surface area contributed by atoms with Crippen molar-refractivity contribution in [3.63, 3.8) is 0 Å². The molecule has 1 fully saturated rings. The summed E-state index contributed by atoms with van der Waals surface area (Å²) in [5.74, 6) is 1.24. The maximum atomic E-state index is 8.99. The zero-order chi connectivity index (χ0) is 34.1. The Morgan fingerprint density at radius 2 is 1.11 bits per heavy atom. The number of fused-ring (bicyclic) bond motifs is 3. The quantitative estimate of drug-likeness (QED) is 0.217. The predicted octanol–water partition coefficient (Wildman–Crippen LogP) is 13.9. The van der Waals surface area contributed by atoms with Crippen LogP contribution in [0.25, 0.3) is 11.1 Å². The van der Waals surface area contributed by atoms with E-state index in [1.807, 2.05) is 0 Å². The van der Waals surface area contributed by atoms with Crippen LogP contribution < -0.4 is 0 Å². The van der Waals surface area contributed by atoms with Crippen LogP contribution in [0.1, 0.15) is 149 Å². The van der Waals surface area contributed by atoms with Crippen molar-refractivity contribution in [2.75, 3.05) is 0 Å². The molecular formula is C44H56Cl2Hf. The number of benzene rings is 3. The van der Waals surface area contributed by atoms with E-state index in [1.54, 1.807) is 0 Å². The summed E-state index contributed by atoms with van der Waals surface area (Å²) in [5, 5.41) is 0. The van der Waals surface area contributed by atoms with Crippen molar-refractivity contribution in [3.05, 3.63) is 118 Å². The van der Waals surface area contributed by atoms with Gasteiger partial charge in [-0.15, -0.1) is 0 Å². The molecule has 0 heterocycles. The van der Waals surface area contributed by atoms with Crippen LogP contribution in [0.3, 0.4) is 0 Å². The average molecular weight is 834 g/mol. The monoisotopic (exact) mass is 834 g/mol. The normalized spacial score (nSPS) is 17.8. The molecule has 6 rings (SSSR count). The molecule has 0 amide bonds. The molecule has 0 aromatic heterocycles. The average Bonchev–Trinajstić information content (AvgIpc) is 3.77. The Labute approximate surface area is 293 Å². The van der Waals surface area contributed by atoms with Crippen molar-refractivity contribution in [2.24, 2.45) is 5.92 Å². The van der Waals surface area contributed by atoms with Gasteiger partial charge in [-0.3, -0.25) is 0 Å². The summed E-state index contributed by atoms with van der Waals surface area (Å²) in [6, 6.07) is 21.8. The van der Waals surface area contributed by atoms with Gasteiger partial charge in [0.15, 0.2) is 0 Å². The van der Waals surface area contributed by atoms with Crippen molar-refractivity contribution < 1.29 is 15.7 Å². The standard InChI is InChI=1S/C21H25.C18H26.C5H5.2ClH.Hf/c1-20(2,3)16-7-9-18-14(12-16)11-15-13-17(21(4,5)6)8-10-19(15)18;1-13(2)17-10-16(9-15-7-5-6-8-15)11-18(12-17)14(3)4;1-2-4-5-3-1;;;/h7-13H,1-6H3;10-15H,5-8H2,1-4H3;1-5H;2*1H;/q;;;;;+2/p-2. The fraction of sp³-hybridized carbons (Fsp3) is 0.477. The summed E-state index contributed by atoms with van der Waals surface area (Å²) in [4.78, 5) is 0. The molecule has 3 aliphatic rings. The third-order valence-corrected chi connectivity index (χ3v) is 40.6. The number of hydrogen-bond donors (Lipinski definition) is 0. The van der Waals surface area contributed by atoms with Gasteiger partial charge in [-0.25, -0.2) is 0 Å². The van der Waals surface area contributed by atoms with Gasteiger partial charge in [-0.1, -0.05) is 0 Å². The summed E-state index contributed by atoms with van der Waals surface area (Å²) < 4.78 is 1.43. The first kappa shape index (κ1) is 35.3. The van der Waals surface area contributed by atoms with Crippen LogP contribution in [0.5, 0.6) is 0 Å². The van der Waals surface area contributed by atoms with E-state index in [9.17, 15) is 0 Å². The SMILES string of the molecule is CC(C)c1cc([C](C2CCCC2)=[Hf]([Cl])([Cl])([CH]2C=CC=C2)[CH]2c3cc(C(C)(C)C)ccc3-c3ccc(C(C)(C)C)cc32)cc(C(C)C)c1. The summed E-state index contributed by atoms with van der Waals surface area (Å²) in [6.45, 7) is 23.2. The van der Waals surface area contributed by atoms with Gasteiger partial charge < -0.3 is 0 Å². The Kier molecular flexibility index (Phi) is 9.27. The van der Waals surface area contributed by atoms with Crippen LogP contribution in [-0.4, -0.2) is 3.26 Å². The molecule has 3 aromatic rings. The van der Waals surface area contributed by atoms with Crippen LogP contribution in [0.4, 0.5) is 0 Å². The molecular weight excluding hydrogens is 778 g/mol. The van der Waals surface area contributed by atoms with Gasteiger partial charge in [-0.2, -0.15) is 0 Å². The molecule has 3 aliphatic carbocycles. The molecule has 0 nitrogen and oxygen atoms in total. The molecule has 0 aliphatic heterocycles. The third kappa shape index (κ3) is 6.12. The van der Waals surface area contributed by atoms with E-state index in [4.69, 9.17) is 17.2 Å². The van der Waals surface area contributed by atoms with E-state index in [2.05, 4.69) is 148 Å². The predicted molar refractivity (Wildman–Crippen MR) is 206 cm³/mol. The van der Waals surface area contributed by atoms with Crippen LogP contribution in [0, 0.1) is 5.92 Å². The Balaban J connectivity index is 1.83. The van der Waals surface area contributed by atoms with E-state index in [0.29, 0.717) is 17.8 Å². The second kappa shape index (κ2) is 12.3. The Morgan fingerprint density at radius 1 is 0.660 bits per heavy atom. The molecule has 0 saturated heterocycles. The molecule has 0 unspecified atom stereocenters. The molecule has 0 bridgehead atoms. The number of halogens is 2. The molecule has 0 atom stereocenters. The summed E-state index contributed by atoms with van der Waals surface area (Å²) in [6.07, 6.45) is 13.9. The number of rotatable bonds is 6. The van der Waals surface area contributed by atoms with Gasteiger partial charge >= 0.3 is 296 Å². The van der Waals surface area contributed by atoms with E-state index in [-0.39, 0.29) is 18.2 Å². The molecule has 1 saturated carbocycles. The Hall–Kier alpha value is -1.54. The van der Waals surface area contributed by atoms with Gasteiger partial charge in [0.2, 0.25) is 0 Å². The van der Waals surface area contributed by atoms with Crippen LogP contribution >= 0.6 is 17.2 Å². The van der Waals surface area contributed by atoms with Gasteiger partial charge in [-0.05, 0) is 0 Å². The van der Waals surface area contributed by atoms with Crippen LogP contribution in [0.15, 0.2) is 78.9 Å². The topological polar surface area (TPSA) is 0 Å². The first-order valence-electron chi connectivity index (χ1n) is 18.1. The van der Waals surface area contributed by atoms with Gasteiger partial charge in [0.1, 0.15) is 0 Å². The van der Waals surface area contributed by atoms with E-state index in [0.717, 1.165) is 0 Å². The molecule has 250 valence electrons. The van der Waals surface area contributed by atoms with Crippen molar-refractivity contribution in [1.82, 2.24) is 0 Å². The second-order valence-corrected chi connectivity index (χ2v) is 47.2. The first-order valence-corrected chi connectivity index (χ1v) is 33.0. The minimum atomic E-state index is -5.47. The molecule has 3 aromatic carbocycles. The fourth-order valence-electron chi connectivity index (χ4n) is 8.69. The third-order valence-electron chi connectivity index (χ3n) is 11.5. The summed E-state index contributed by atoms with van der Waals surface area (Å²) in [5.41, 5.74) is 12.2. The van der Waals surface area contributed by atoms with Crippen molar-refractivity contribution in [1.29, 1.82) is 0 Å². The van der Waals surface area contributed by atoms with Crippen LogP contribution in [-0.2, 0) is 26.5 Å². The molecule has 3 heteroatoms. The zero-order valence-corrected chi connectivity index (χ0v) is 35.6. The first-order chi connectivity index (χ1) is 21.9. The molecule has 47 heavy (non-hydrogen) atoms. The van der Waals surface area contributed by atoms with Gasteiger partial charge in [0.05, 0.1) is 0 Å². The Bertz CT molecular complexity index is 1720. The van der Waals surface area contributed by atoms with E-state index >= 15 is 0 Å². The number of hydrogen-bond acceptors (Lipinski definition) is 0. The van der Waals surface area contributed by atoms with Gasteiger partial charge in [0.25, 0.3) is 0 Å². The van der Waals surface area contributed by atoms with E-state index < -0.39 is 15.7 Å². The number of allylic oxidation sites excluding steroid dienone is 4. The minimum absolute atomic E-state index is 0.0128. The van der Waals surface area contributed by atoms with E-state index in [1.165, 1.54) is 79.0 Å². The fourth-order valence-corrected chi connectivity index (χ4v) is 38.5. The summed E-state index contributed by atoms with van der Waals surface area (Å²) in [7, 11) is 18.0. The Morgan fingerprint density at radius 3 is 1.51 bits per heavy atom. The van der Waals surface area contributed by atoms with Crippen molar-refractivity contribution >= 4 is 20.4 Å². The van der Waals surface area contributed by atoms with Crippen LogP contribution in [0.2, 0.25) is 3.67 Å². The molecule has 0 N–H and O–H groups in total. The molecule has 0 radical (unpaired) electrons.